The standard InChI is InChI=1S/C20H22F2N2O2/c1-12(17-10-7-15(21)11-18(17)22)23-20(25)24-19(13-3-4-13)14-5-8-16(26-2)9-6-14/h5-13,19H,3-4H2,1-2H3,(H2,23,24,25). The van der Waals surface area contributed by atoms with Gasteiger partial charge in [-0.3, -0.25) is 0 Å². The van der Waals surface area contributed by atoms with E-state index < -0.39 is 17.7 Å². The summed E-state index contributed by atoms with van der Waals surface area (Å²) in [5.41, 5.74) is 1.25. The summed E-state index contributed by atoms with van der Waals surface area (Å²) in [5.74, 6) is -0.164. The summed E-state index contributed by atoms with van der Waals surface area (Å²) < 4.78 is 32.1. The Bertz CT molecular complexity index is 776. The zero-order chi connectivity index (χ0) is 18.7. The van der Waals surface area contributed by atoms with Crippen LogP contribution in [0.1, 0.15) is 43.0 Å². The van der Waals surface area contributed by atoms with Crippen molar-refractivity contribution in [1.29, 1.82) is 0 Å². The van der Waals surface area contributed by atoms with Gasteiger partial charge in [-0.25, -0.2) is 13.6 Å². The fourth-order valence-corrected chi connectivity index (χ4v) is 3.02. The molecule has 2 amide bonds. The zero-order valence-corrected chi connectivity index (χ0v) is 14.8. The van der Waals surface area contributed by atoms with Crippen LogP contribution in [-0.4, -0.2) is 13.1 Å². The molecule has 138 valence electrons. The molecule has 0 heterocycles. The lowest BCUT2D eigenvalue weighted by atomic mass is 10.0. The molecule has 1 aliphatic rings. The van der Waals surface area contributed by atoms with Crippen LogP contribution in [0.5, 0.6) is 5.75 Å². The van der Waals surface area contributed by atoms with Gasteiger partial charge in [0.05, 0.1) is 19.2 Å². The molecule has 2 aromatic carbocycles. The lowest BCUT2D eigenvalue weighted by Crippen LogP contribution is -2.40. The monoisotopic (exact) mass is 360 g/mol. The van der Waals surface area contributed by atoms with E-state index in [1.807, 2.05) is 24.3 Å². The Balaban J connectivity index is 1.66. The van der Waals surface area contributed by atoms with Crippen molar-refractivity contribution in [2.45, 2.75) is 31.8 Å². The maximum Gasteiger partial charge on any atom is 0.315 e. The van der Waals surface area contributed by atoms with E-state index in [0.29, 0.717) is 5.92 Å². The number of methoxy groups -OCH3 is 1. The van der Waals surface area contributed by atoms with Gasteiger partial charge in [0.2, 0.25) is 0 Å². The molecule has 1 aliphatic carbocycles. The highest BCUT2D eigenvalue weighted by molar-refractivity contribution is 5.75. The highest BCUT2D eigenvalue weighted by Crippen LogP contribution is 2.41. The number of carbonyl (C=O) groups is 1. The SMILES string of the molecule is COc1ccc(C(NC(=O)NC(C)c2ccc(F)cc2F)C2CC2)cc1. The van der Waals surface area contributed by atoms with Crippen LogP contribution < -0.4 is 15.4 Å². The number of amides is 2. The molecule has 0 radical (unpaired) electrons. The Morgan fingerprint density at radius 3 is 2.38 bits per heavy atom. The number of nitrogens with one attached hydrogen (secondary N) is 2. The van der Waals surface area contributed by atoms with Crippen LogP contribution >= 0.6 is 0 Å². The number of hydrogen-bond acceptors (Lipinski definition) is 2. The first-order chi connectivity index (χ1) is 12.5. The Hall–Kier alpha value is -2.63. The van der Waals surface area contributed by atoms with Crippen LogP contribution in [0, 0.1) is 17.6 Å². The Morgan fingerprint density at radius 2 is 1.81 bits per heavy atom. The van der Waals surface area contributed by atoms with Crippen LogP contribution in [0.3, 0.4) is 0 Å². The fourth-order valence-electron chi connectivity index (χ4n) is 3.02. The molecule has 1 saturated carbocycles. The molecular formula is C20H22F2N2O2. The highest BCUT2D eigenvalue weighted by Gasteiger charge is 2.33. The largest absolute Gasteiger partial charge is 0.497 e. The minimum Gasteiger partial charge on any atom is -0.497 e. The lowest BCUT2D eigenvalue weighted by molar-refractivity contribution is 0.232. The smallest absolute Gasteiger partial charge is 0.315 e. The number of ether oxygens (including phenoxy) is 1. The molecular weight excluding hydrogens is 338 g/mol. The molecule has 2 unspecified atom stereocenters. The van der Waals surface area contributed by atoms with Crippen molar-refractivity contribution in [2.24, 2.45) is 5.92 Å². The molecule has 0 bridgehead atoms. The predicted octanol–water partition coefficient (Wildman–Crippen LogP) is 4.48. The van der Waals surface area contributed by atoms with Crippen LogP contribution in [0.4, 0.5) is 13.6 Å². The second-order valence-corrected chi connectivity index (χ2v) is 6.59. The summed E-state index contributed by atoms with van der Waals surface area (Å²) >= 11 is 0. The number of benzene rings is 2. The van der Waals surface area contributed by atoms with E-state index in [4.69, 9.17) is 4.74 Å². The van der Waals surface area contributed by atoms with Gasteiger partial charge in [0.1, 0.15) is 17.4 Å². The van der Waals surface area contributed by atoms with E-state index in [-0.39, 0.29) is 17.6 Å². The normalized spacial score (nSPS) is 15.8. The van der Waals surface area contributed by atoms with Crippen LogP contribution in [0.15, 0.2) is 42.5 Å². The second-order valence-electron chi connectivity index (χ2n) is 6.59. The van der Waals surface area contributed by atoms with Gasteiger partial charge in [-0.05, 0) is 49.4 Å². The molecule has 4 nitrogen and oxygen atoms in total. The van der Waals surface area contributed by atoms with E-state index in [1.165, 1.54) is 12.1 Å². The van der Waals surface area contributed by atoms with Gasteiger partial charge in [-0.2, -0.15) is 0 Å². The van der Waals surface area contributed by atoms with Gasteiger partial charge in [0.15, 0.2) is 0 Å². The van der Waals surface area contributed by atoms with E-state index in [1.54, 1.807) is 14.0 Å². The van der Waals surface area contributed by atoms with E-state index >= 15 is 0 Å². The van der Waals surface area contributed by atoms with E-state index in [0.717, 1.165) is 30.2 Å². The summed E-state index contributed by atoms with van der Waals surface area (Å²) in [5, 5.41) is 5.70. The molecule has 0 spiro atoms. The third-order valence-corrected chi connectivity index (χ3v) is 4.63. The number of rotatable bonds is 6. The molecule has 6 heteroatoms. The minimum absolute atomic E-state index is 0.105. The highest BCUT2D eigenvalue weighted by atomic mass is 19.1. The van der Waals surface area contributed by atoms with Gasteiger partial charge < -0.3 is 15.4 Å². The molecule has 26 heavy (non-hydrogen) atoms. The van der Waals surface area contributed by atoms with Crippen LogP contribution in [-0.2, 0) is 0 Å². The first-order valence-corrected chi connectivity index (χ1v) is 8.64. The summed E-state index contributed by atoms with van der Waals surface area (Å²) in [6.45, 7) is 1.66. The van der Waals surface area contributed by atoms with Crippen molar-refractivity contribution in [3.8, 4) is 5.75 Å². The lowest BCUT2D eigenvalue weighted by Gasteiger charge is -2.22. The maximum atomic E-state index is 13.9. The number of hydrogen-bond donors (Lipinski definition) is 2. The first kappa shape index (κ1) is 18.2. The molecule has 1 fully saturated rings. The molecule has 3 rings (SSSR count). The Morgan fingerprint density at radius 1 is 1.12 bits per heavy atom. The molecule has 0 aromatic heterocycles. The van der Waals surface area contributed by atoms with E-state index in [2.05, 4.69) is 10.6 Å². The van der Waals surface area contributed by atoms with E-state index in [9.17, 15) is 13.6 Å². The Kier molecular flexibility index (Phi) is 5.40. The van der Waals surface area contributed by atoms with Crippen molar-refractivity contribution in [3.63, 3.8) is 0 Å². The van der Waals surface area contributed by atoms with Crippen LogP contribution in [0.25, 0.3) is 0 Å². The quantitative estimate of drug-likeness (QED) is 0.798. The summed E-state index contributed by atoms with van der Waals surface area (Å²) in [6, 6.07) is 9.87. The first-order valence-electron chi connectivity index (χ1n) is 8.64. The van der Waals surface area contributed by atoms with Crippen molar-refractivity contribution in [3.05, 3.63) is 65.2 Å². The summed E-state index contributed by atoms with van der Waals surface area (Å²) in [4.78, 5) is 12.4. The molecule has 2 atom stereocenters. The third kappa shape index (κ3) is 4.31. The maximum absolute atomic E-state index is 13.9. The molecule has 0 saturated heterocycles. The van der Waals surface area contributed by atoms with Gasteiger partial charge >= 0.3 is 6.03 Å². The predicted molar refractivity (Wildman–Crippen MR) is 94.9 cm³/mol. The van der Waals surface area contributed by atoms with Gasteiger partial charge in [0.25, 0.3) is 0 Å². The van der Waals surface area contributed by atoms with Gasteiger partial charge in [0, 0.05) is 11.6 Å². The number of carbonyl (C=O) groups excluding carboxylic acids is 1. The summed E-state index contributed by atoms with van der Waals surface area (Å²) in [7, 11) is 1.61. The van der Waals surface area contributed by atoms with Crippen molar-refractivity contribution in [1.82, 2.24) is 10.6 Å². The number of urea groups is 1. The minimum atomic E-state index is -0.674. The molecule has 2 aromatic rings. The topological polar surface area (TPSA) is 50.4 Å². The fraction of sp³-hybridized carbons (Fsp3) is 0.350. The second kappa shape index (κ2) is 7.72. The van der Waals surface area contributed by atoms with Crippen molar-refractivity contribution in [2.75, 3.05) is 7.11 Å². The van der Waals surface area contributed by atoms with Gasteiger partial charge in [-0.1, -0.05) is 18.2 Å². The number of halogens is 2. The molecule has 0 aliphatic heterocycles. The van der Waals surface area contributed by atoms with Crippen molar-refractivity contribution >= 4 is 6.03 Å². The summed E-state index contributed by atoms with van der Waals surface area (Å²) in [6.07, 6.45) is 2.11. The molecule has 2 N–H and O–H groups in total. The van der Waals surface area contributed by atoms with Gasteiger partial charge in [-0.15, -0.1) is 0 Å². The average molecular weight is 360 g/mol. The average Bonchev–Trinajstić information content (AvgIpc) is 3.44. The zero-order valence-electron chi connectivity index (χ0n) is 14.8. The van der Waals surface area contributed by atoms with Crippen LogP contribution in [0.2, 0.25) is 0 Å². The van der Waals surface area contributed by atoms with Crippen molar-refractivity contribution < 1.29 is 18.3 Å². The Labute approximate surface area is 151 Å². The third-order valence-electron chi connectivity index (χ3n) is 4.63.